The number of alkyl halides is 3. The van der Waals surface area contributed by atoms with Crippen molar-refractivity contribution in [3.63, 3.8) is 0 Å². The normalized spacial score (nSPS) is 22.7. The molecule has 1 aromatic heterocycles. The van der Waals surface area contributed by atoms with Gasteiger partial charge in [-0.3, -0.25) is 9.69 Å². The van der Waals surface area contributed by atoms with E-state index in [1.54, 1.807) is 4.90 Å². The zero-order valence-electron chi connectivity index (χ0n) is 22.4. The van der Waals surface area contributed by atoms with Crippen LogP contribution in [0.1, 0.15) is 44.7 Å². The predicted octanol–water partition coefficient (Wildman–Crippen LogP) is 4.36. The van der Waals surface area contributed by atoms with Crippen molar-refractivity contribution in [1.82, 2.24) is 19.8 Å². The van der Waals surface area contributed by atoms with Gasteiger partial charge in [-0.15, -0.1) is 0 Å². The lowest BCUT2D eigenvalue weighted by Gasteiger charge is -2.44. The highest BCUT2D eigenvalue weighted by Gasteiger charge is 2.43. The molecule has 3 fully saturated rings. The van der Waals surface area contributed by atoms with Crippen molar-refractivity contribution in [3.8, 4) is 0 Å². The molecule has 0 spiro atoms. The summed E-state index contributed by atoms with van der Waals surface area (Å²) >= 11 is 0. The van der Waals surface area contributed by atoms with E-state index < -0.39 is 11.7 Å². The molecule has 8 nitrogen and oxygen atoms in total. The first-order valence-corrected chi connectivity index (χ1v) is 13.3. The summed E-state index contributed by atoms with van der Waals surface area (Å²) in [7, 11) is 2.17. The lowest BCUT2D eigenvalue weighted by molar-refractivity contribution is -0.156. The highest BCUT2D eigenvalue weighted by molar-refractivity contribution is 5.87. The zero-order chi connectivity index (χ0) is 27.2. The number of amides is 1. The quantitative estimate of drug-likeness (QED) is 0.368. The smallest absolute Gasteiger partial charge is 0.369 e. The maximum Gasteiger partial charge on any atom is 0.421 e. The molecule has 206 valence electrons. The third-order valence-electron chi connectivity index (χ3n) is 8.01. The molecule has 0 saturated carbocycles. The Morgan fingerprint density at radius 3 is 2.58 bits per heavy atom. The molecule has 3 saturated heterocycles. The number of halogens is 3. The molecule has 2 N–H and O–H groups in total. The van der Waals surface area contributed by atoms with Crippen molar-refractivity contribution in [2.75, 3.05) is 55.3 Å². The number of nitrogens with zero attached hydrogens (tertiary/aromatic N) is 5. The number of likely N-dealkylation sites (N-methyl/N-ethyl adjacent to an activating group) is 1. The molecule has 0 aliphatic carbocycles. The van der Waals surface area contributed by atoms with E-state index in [1.165, 1.54) is 12.1 Å². The lowest BCUT2D eigenvalue weighted by Crippen LogP contribution is -2.58. The molecule has 5 rings (SSSR count). The minimum atomic E-state index is -4.59. The number of carbonyl (C=O) groups is 1. The van der Waals surface area contributed by atoms with Crippen LogP contribution in [0.4, 0.5) is 36.3 Å². The number of benzene rings is 1. The molecule has 4 heterocycles. The van der Waals surface area contributed by atoms with Gasteiger partial charge in [0.2, 0.25) is 11.9 Å². The molecular formula is C27H36F3N7O. The minimum absolute atomic E-state index is 0.0734. The number of rotatable bonds is 9. The summed E-state index contributed by atoms with van der Waals surface area (Å²) < 4.78 is 40.9. The Morgan fingerprint density at radius 1 is 1.18 bits per heavy atom. The molecular weight excluding hydrogens is 495 g/mol. The Bertz CT molecular complexity index is 1200. The van der Waals surface area contributed by atoms with E-state index in [9.17, 15) is 18.0 Å². The summed E-state index contributed by atoms with van der Waals surface area (Å²) in [5.74, 6) is -0.0917. The Labute approximate surface area is 221 Å². The monoisotopic (exact) mass is 531 g/mol. The Kier molecular flexibility index (Phi) is 6.91. The number of fused-ring (bicyclic) bond motifs is 2. The standard InChI is InChI=1S/C27H36F3N7O/c1-5-17-11-18(37-15-19-12-20(37)14-35(19)4)7-8-22(17)33-25-32-13-21(27(28,29)30)23(34-25)31-9-6-10-36-16-26(2,3)24(36)38/h7-8,11,13,19-20H,5-6,9-10,12,14-16H2,1-4H3,(H2,31,32,33,34). The molecule has 1 amide bonds. The van der Waals surface area contributed by atoms with Crippen LogP contribution >= 0.6 is 0 Å². The van der Waals surface area contributed by atoms with E-state index >= 15 is 0 Å². The molecule has 2 atom stereocenters. The number of piperazine rings is 1. The van der Waals surface area contributed by atoms with Crippen molar-refractivity contribution in [1.29, 1.82) is 0 Å². The average Bonchev–Trinajstić information content (AvgIpc) is 3.45. The van der Waals surface area contributed by atoms with E-state index in [-0.39, 0.29) is 29.6 Å². The third kappa shape index (κ3) is 5.12. The molecule has 3 aliphatic heterocycles. The summed E-state index contributed by atoms with van der Waals surface area (Å²) in [5.41, 5.74) is 1.75. The molecule has 0 radical (unpaired) electrons. The fourth-order valence-corrected chi connectivity index (χ4v) is 5.87. The van der Waals surface area contributed by atoms with Crippen molar-refractivity contribution in [2.24, 2.45) is 5.41 Å². The summed E-state index contributed by atoms with van der Waals surface area (Å²) in [6, 6.07) is 7.29. The molecule has 2 unspecified atom stereocenters. The third-order valence-corrected chi connectivity index (χ3v) is 8.01. The highest BCUT2D eigenvalue weighted by atomic mass is 19.4. The number of carbonyl (C=O) groups excluding carboxylic acids is 1. The van der Waals surface area contributed by atoms with Crippen LogP contribution in [-0.2, 0) is 17.4 Å². The number of hydrogen-bond acceptors (Lipinski definition) is 7. The Hall–Kier alpha value is -3.08. The molecule has 1 aromatic carbocycles. The SMILES string of the molecule is CCc1cc(N2CC3CC2CN3C)ccc1Nc1ncc(C(F)(F)F)c(NCCCN2CC(C)(C)C2=O)n1. The highest BCUT2D eigenvalue weighted by Crippen LogP contribution is 2.37. The second-order valence-corrected chi connectivity index (χ2v) is 11.3. The summed E-state index contributed by atoms with van der Waals surface area (Å²) in [4.78, 5) is 26.8. The first kappa shape index (κ1) is 26.5. The Balaban J connectivity index is 1.27. The van der Waals surface area contributed by atoms with Gasteiger partial charge < -0.3 is 20.4 Å². The number of β-lactam (4-membered cyclic amide) rings is 1. The molecule has 2 aromatic rings. The van der Waals surface area contributed by atoms with Gasteiger partial charge in [0, 0.05) is 62.4 Å². The van der Waals surface area contributed by atoms with Crippen LogP contribution < -0.4 is 15.5 Å². The van der Waals surface area contributed by atoms with E-state index in [0.29, 0.717) is 31.6 Å². The summed E-state index contributed by atoms with van der Waals surface area (Å²) in [6.45, 7) is 9.32. The second kappa shape index (κ2) is 9.91. The molecule has 38 heavy (non-hydrogen) atoms. The molecule has 3 aliphatic rings. The van der Waals surface area contributed by atoms with E-state index in [0.717, 1.165) is 37.0 Å². The first-order valence-electron chi connectivity index (χ1n) is 13.3. The largest absolute Gasteiger partial charge is 0.421 e. The second-order valence-electron chi connectivity index (χ2n) is 11.3. The van der Waals surface area contributed by atoms with Crippen molar-refractivity contribution >= 4 is 29.0 Å². The van der Waals surface area contributed by atoms with Gasteiger partial charge >= 0.3 is 6.18 Å². The predicted molar refractivity (Wildman–Crippen MR) is 142 cm³/mol. The fourth-order valence-electron chi connectivity index (χ4n) is 5.87. The van der Waals surface area contributed by atoms with E-state index in [2.05, 4.69) is 56.5 Å². The number of aryl methyl sites for hydroxylation is 1. The fraction of sp³-hybridized carbons (Fsp3) is 0.593. The van der Waals surface area contributed by atoms with Gasteiger partial charge in [0.25, 0.3) is 0 Å². The Morgan fingerprint density at radius 2 is 1.97 bits per heavy atom. The minimum Gasteiger partial charge on any atom is -0.369 e. The van der Waals surface area contributed by atoms with Crippen LogP contribution in [0.2, 0.25) is 0 Å². The van der Waals surface area contributed by atoms with Crippen LogP contribution in [0, 0.1) is 5.41 Å². The van der Waals surface area contributed by atoms with Gasteiger partial charge in [0.05, 0.1) is 5.41 Å². The van der Waals surface area contributed by atoms with E-state index in [1.807, 2.05) is 19.9 Å². The van der Waals surface area contributed by atoms with Crippen LogP contribution in [0.3, 0.4) is 0 Å². The summed E-state index contributed by atoms with van der Waals surface area (Å²) in [6.07, 6.45) is -1.31. The van der Waals surface area contributed by atoms with Crippen molar-refractivity contribution < 1.29 is 18.0 Å². The van der Waals surface area contributed by atoms with Crippen LogP contribution in [-0.4, -0.2) is 77.5 Å². The van der Waals surface area contributed by atoms with Gasteiger partial charge in [-0.05, 0) is 63.9 Å². The van der Waals surface area contributed by atoms with Gasteiger partial charge in [0.15, 0.2) is 0 Å². The number of likely N-dealkylation sites (tertiary alicyclic amines) is 2. The number of nitrogens with one attached hydrogen (secondary N) is 2. The van der Waals surface area contributed by atoms with Gasteiger partial charge in [0.1, 0.15) is 11.4 Å². The molecule has 11 heteroatoms. The topological polar surface area (TPSA) is 76.6 Å². The van der Waals surface area contributed by atoms with Crippen LogP contribution in [0.5, 0.6) is 0 Å². The van der Waals surface area contributed by atoms with Crippen LogP contribution in [0.15, 0.2) is 24.4 Å². The average molecular weight is 532 g/mol. The van der Waals surface area contributed by atoms with Crippen molar-refractivity contribution in [3.05, 3.63) is 35.5 Å². The molecule has 2 bridgehead atoms. The lowest BCUT2D eigenvalue weighted by atomic mass is 9.83. The number of aromatic nitrogens is 2. The number of anilines is 4. The maximum atomic E-state index is 13.6. The zero-order valence-corrected chi connectivity index (χ0v) is 22.4. The van der Waals surface area contributed by atoms with Crippen LogP contribution in [0.25, 0.3) is 0 Å². The summed E-state index contributed by atoms with van der Waals surface area (Å²) in [5, 5.41) is 5.95. The van der Waals surface area contributed by atoms with Gasteiger partial charge in [-0.2, -0.15) is 18.2 Å². The number of hydrogen-bond donors (Lipinski definition) is 2. The van der Waals surface area contributed by atoms with Gasteiger partial charge in [-0.25, -0.2) is 4.98 Å². The van der Waals surface area contributed by atoms with E-state index in [4.69, 9.17) is 0 Å². The van der Waals surface area contributed by atoms with Gasteiger partial charge in [-0.1, -0.05) is 6.92 Å². The van der Waals surface area contributed by atoms with Crippen molar-refractivity contribution in [2.45, 2.75) is 58.3 Å². The maximum absolute atomic E-state index is 13.6. The first-order chi connectivity index (χ1) is 18.0.